The summed E-state index contributed by atoms with van der Waals surface area (Å²) in [6.45, 7) is 0. The van der Waals surface area contributed by atoms with Gasteiger partial charge >= 0.3 is 5.97 Å². The lowest BCUT2D eigenvalue weighted by atomic mass is 10.1. The van der Waals surface area contributed by atoms with E-state index in [1.54, 1.807) is 18.2 Å². The molecule has 3 rings (SSSR count). The van der Waals surface area contributed by atoms with Crippen LogP contribution < -0.4 is 9.47 Å². The summed E-state index contributed by atoms with van der Waals surface area (Å²) >= 11 is 0. The summed E-state index contributed by atoms with van der Waals surface area (Å²) < 4.78 is 25.5. The van der Waals surface area contributed by atoms with Crippen LogP contribution in [0.1, 0.15) is 5.69 Å². The smallest absolute Gasteiger partial charge is 0.309 e. The first-order valence-electron chi connectivity index (χ1n) is 7.14. The molecule has 124 valence electrons. The highest BCUT2D eigenvalue weighted by molar-refractivity contribution is 5.77. The van der Waals surface area contributed by atoms with Gasteiger partial charge in [0.25, 0.3) is 0 Å². The van der Waals surface area contributed by atoms with Crippen molar-refractivity contribution >= 4 is 11.6 Å². The van der Waals surface area contributed by atoms with Crippen molar-refractivity contribution in [1.82, 2.24) is 9.38 Å². The highest BCUT2D eigenvalue weighted by atomic mass is 19.1. The number of nitrogens with zero attached hydrogens (tertiary/aromatic N) is 2. The summed E-state index contributed by atoms with van der Waals surface area (Å²) in [4.78, 5) is 15.7. The molecule has 2 heterocycles. The fourth-order valence-corrected chi connectivity index (χ4v) is 2.59. The van der Waals surface area contributed by atoms with Gasteiger partial charge in [-0.15, -0.1) is 0 Å². The van der Waals surface area contributed by atoms with Gasteiger partial charge in [0.2, 0.25) is 0 Å². The maximum Gasteiger partial charge on any atom is 0.309 e. The number of rotatable bonds is 5. The van der Waals surface area contributed by atoms with Crippen LogP contribution in [0.3, 0.4) is 0 Å². The molecule has 2 aromatic heterocycles. The average molecular weight is 330 g/mol. The molecule has 0 amide bonds. The van der Waals surface area contributed by atoms with Crippen LogP contribution in [0.25, 0.3) is 16.9 Å². The van der Waals surface area contributed by atoms with Crippen LogP contribution >= 0.6 is 0 Å². The van der Waals surface area contributed by atoms with Crippen molar-refractivity contribution in [2.75, 3.05) is 14.2 Å². The Balaban J connectivity index is 2.23. The average Bonchev–Trinajstić information content (AvgIpc) is 2.91. The van der Waals surface area contributed by atoms with Crippen molar-refractivity contribution in [2.45, 2.75) is 6.42 Å². The Morgan fingerprint density at radius 1 is 1.21 bits per heavy atom. The number of fused-ring (bicyclic) bond motifs is 1. The predicted octanol–water partition coefficient (Wildman–Crippen LogP) is 2.78. The molecule has 0 aliphatic carbocycles. The number of pyridine rings is 1. The predicted molar refractivity (Wildman–Crippen MR) is 85.0 cm³/mol. The van der Waals surface area contributed by atoms with Gasteiger partial charge in [-0.2, -0.15) is 0 Å². The Hall–Kier alpha value is -3.09. The molecular formula is C17H15FN2O4. The van der Waals surface area contributed by atoms with Crippen LogP contribution in [0.5, 0.6) is 11.5 Å². The number of aliphatic carboxylic acids is 1. The lowest BCUT2D eigenvalue weighted by Gasteiger charge is -2.09. The molecule has 24 heavy (non-hydrogen) atoms. The van der Waals surface area contributed by atoms with Crippen molar-refractivity contribution in [3.05, 3.63) is 48.0 Å². The van der Waals surface area contributed by atoms with Crippen LogP contribution in [0, 0.1) is 5.82 Å². The molecule has 0 aliphatic rings. The SMILES string of the molecule is COc1ccc(-c2nc3ccc(F)cn3c2CC(=O)O)cc1OC. The first kappa shape index (κ1) is 15.8. The molecule has 3 aromatic rings. The molecule has 0 saturated carbocycles. The summed E-state index contributed by atoms with van der Waals surface area (Å²) in [6.07, 6.45) is 0.944. The minimum atomic E-state index is -1.03. The zero-order valence-electron chi connectivity index (χ0n) is 13.1. The molecule has 7 heteroatoms. The summed E-state index contributed by atoms with van der Waals surface area (Å²) in [5.41, 5.74) is 1.98. The van der Waals surface area contributed by atoms with E-state index in [0.717, 1.165) is 0 Å². The van der Waals surface area contributed by atoms with Crippen molar-refractivity contribution in [1.29, 1.82) is 0 Å². The lowest BCUT2D eigenvalue weighted by Crippen LogP contribution is -2.05. The highest BCUT2D eigenvalue weighted by Crippen LogP contribution is 2.33. The number of methoxy groups -OCH3 is 2. The number of halogens is 1. The number of aromatic nitrogens is 2. The van der Waals surface area contributed by atoms with Crippen LogP contribution in [-0.4, -0.2) is 34.7 Å². The van der Waals surface area contributed by atoms with Crippen molar-refractivity contribution in [2.24, 2.45) is 0 Å². The third-order valence-corrected chi connectivity index (χ3v) is 3.66. The van der Waals surface area contributed by atoms with E-state index < -0.39 is 11.8 Å². The van der Waals surface area contributed by atoms with Crippen LogP contribution in [0.2, 0.25) is 0 Å². The number of hydrogen-bond donors (Lipinski definition) is 1. The van der Waals surface area contributed by atoms with E-state index in [1.807, 2.05) is 0 Å². The van der Waals surface area contributed by atoms with Gasteiger partial charge in [-0.3, -0.25) is 9.20 Å². The van der Waals surface area contributed by atoms with E-state index in [-0.39, 0.29) is 6.42 Å². The van der Waals surface area contributed by atoms with Gasteiger partial charge < -0.3 is 14.6 Å². The second-order valence-corrected chi connectivity index (χ2v) is 5.12. The van der Waals surface area contributed by atoms with Crippen molar-refractivity contribution in [3.63, 3.8) is 0 Å². The Morgan fingerprint density at radius 3 is 2.62 bits per heavy atom. The molecule has 1 aromatic carbocycles. The van der Waals surface area contributed by atoms with Gasteiger partial charge in [-0.05, 0) is 30.3 Å². The lowest BCUT2D eigenvalue weighted by molar-refractivity contribution is -0.136. The largest absolute Gasteiger partial charge is 0.493 e. The van der Waals surface area contributed by atoms with Gasteiger partial charge in [0.15, 0.2) is 11.5 Å². The van der Waals surface area contributed by atoms with E-state index >= 15 is 0 Å². The summed E-state index contributed by atoms with van der Waals surface area (Å²) in [5.74, 6) is -0.441. The normalized spacial score (nSPS) is 10.8. The molecule has 0 fully saturated rings. The van der Waals surface area contributed by atoms with Gasteiger partial charge in [0.1, 0.15) is 11.5 Å². The number of carboxylic acids is 1. The van der Waals surface area contributed by atoms with Crippen LogP contribution in [-0.2, 0) is 11.2 Å². The third kappa shape index (κ3) is 2.76. The monoisotopic (exact) mass is 330 g/mol. The Morgan fingerprint density at radius 2 is 1.96 bits per heavy atom. The second kappa shape index (κ2) is 6.19. The molecule has 0 atom stereocenters. The Bertz CT molecular complexity index is 920. The molecule has 1 N–H and O–H groups in total. The zero-order valence-corrected chi connectivity index (χ0v) is 13.1. The third-order valence-electron chi connectivity index (χ3n) is 3.66. The minimum absolute atomic E-state index is 0.283. The number of benzene rings is 1. The second-order valence-electron chi connectivity index (χ2n) is 5.12. The topological polar surface area (TPSA) is 73.1 Å². The molecule has 0 aliphatic heterocycles. The molecular weight excluding hydrogens is 315 g/mol. The molecule has 0 saturated heterocycles. The standard InChI is InChI=1S/C17H15FN2O4/c1-23-13-5-3-10(7-14(13)24-2)17-12(8-16(21)22)20-9-11(18)4-6-15(20)19-17/h3-7,9H,8H2,1-2H3,(H,21,22). The van der Waals surface area contributed by atoms with Gasteiger partial charge in [-0.1, -0.05) is 0 Å². The number of imidazole rings is 1. The Labute approximate surface area is 137 Å². The maximum absolute atomic E-state index is 13.6. The molecule has 0 unspecified atom stereocenters. The van der Waals surface area contributed by atoms with E-state index in [2.05, 4.69) is 4.98 Å². The summed E-state index contributed by atoms with van der Waals surface area (Å²) in [7, 11) is 3.04. The molecule has 0 bridgehead atoms. The van der Waals surface area contributed by atoms with Gasteiger partial charge in [0.05, 0.1) is 32.0 Å². The molecule has 0 spiro atoms. The van der Waals surface area contributed by atoms with Gasteiger partial charge in [-0.25, -0.2) is 9.37 Å². The fourth-order valence-electron chi connectivity index (χ4n) is 2.59. The number of hydrogen-bond acceptors (Lipinski definition) is 4. The molecule has 0 radical (unpaired) electrons. The quantitative estimate of drug-likeness (QED) is 0.779. The van der Waals surface area contributed by atoms with E-state index in [9.17, 15) is 14.3 Å². The number of carbonyl (C=O) groups is 1. The van der Waals surface area contributed by atoms with Crippen molar-refractivity contribution < 1.29 is 23.8 Å². The Kier molecular flexibility index (Phi) is 4.07. The zero-order chi connectivity index (χ0) is 17.3. The van der Waals surface area contributed by atoms with Gasteiger partial charge in [0, 0.05) is 11.8 Å². The van der Waals surface area contributed by atoms with E-state index in [4.69, 9.17) is 9.47 Å². The number of ether oxygens (including phenoxy) is 2. The maximum atomic E-state index is 13.6. The summed E-state index contributed by atoms with van der Waals surface area (Å²) in [6, 6.07) is 7.96. The minimum Gasteiger partial charge on any atom is -0.493 e. The molecule has 6 nitrogen and oxygen atoms in total. The summed E-state index contributed by atoms with van der Waals surface area (Å²) in [5, 5.41) is 9.19. The first-order valence-corrected chi connectivity index (χ1v) is 7.14. The van der Waals surface area contributed by atoms with Crippen LogP contribution in [0.15, 0.2) is 36.5 Å². The number of carboxylic acid groups (broad SMARTS) is 1. The van der Waals surface area contributed by atoms with E-state index in [1.165, 1.54) is 36.9 Å². The van der Waals surface area contributed by atoms with Crippen molar-refractivity contribution in [3.8, 4) is 22.8 Å². The fraction of sp³-hybridized carbons (Fsp3) is 0.176. The highest BCUT2D eigenvalue weighted by Gasteiger charge is 2.18. The first-order chi connectivity index (χ1) is 11.5. The van der Waals surface area contributed by atoms with E-state index in [0.29, 0.717) is 34.1 Å². The van der Waals surface area contributed by atoms with Crippen LogP contribution in [0.4, 0.5) is 4.39 Å².